The highest BCUT2D eigenvalue weighted by Gasteiger charge is 2.16. The molecule has 0 unspecified atom stereocenters. The lowest BCUT2D eigenvalue weighted by Crippen LogP contribution is -2.17. The zero-order valence-corrected chi connectivity index (χ0v) is 16.7. The van der Waals surface area contributed by atoms with Gasteiger partial charge in [-0.2, -0.15) is 0 Å². The first-order valence-electron chi connectivity index (χ1n) is 9.22. The van der Waals surface area contributed by atoms with E-state index in [0.717, 1.165) is 5.69 Å². The molecule has 0 bridgehead atoms. The summed E-state index contributed by atoms with van der Waals surface area (Å²) in [7, 11) is 1.68. The van der Waals surface area contributed by atoms with E-state index in [1.165, 1.54) is 23.4 Å². The van der Waals surface area contributed by atoms with E-state index in [2.05, 4.69) is 51.2 Å². The van der Waals surface area contributed by atoms with Gasteiger partial charge in [0.15, 0.2) is 0 Å². The topological polar surface area (TPSA) is 86.3 Å². The second-order valence-electron chi connectivity index (χ2n) is 7.27. The van der Waals surface area contributed by atoms with Gasteiger partial charge in [0.2, 0.25) is 5.91 Å². The van der Waals surface area contributed by atoms with Crippen LogP contribution in [0.25, 0.3) is 0 Å². The molecule has 0 aliphatic heterocycles. The minimum absolute atomic E-state index is 0.222. The van der Waals surface area contributed by atoms with Gasteiger partial charge < -0.3 is 20.4 Å². The fraction of sp³-hybridized carbons (Fsp3) is 0.429. The maximum Gasteiger partial charge on any atom is 0.355 e. The van der Waals surface area contributed by atoms with Crippen molar-refractivity contribution in [1.29, 1.82) is 0 Å². The van der Waals surface area contributed by atoms with E-state index in [1.54, 1.807) is 11.6 Å². The van der Waals surface area contributed by atoms with Crippen LogP contribution in [-0.2, 0) is 11.8 Å². The standard InChI is InChI=1S/C21H29N3O3/c1-13(2)16-7-6-8-17(14(3)4)19(16)23-9-10-27-21(26)18-11-15(20(22)25)12-24(18)5/h6-8,11-14,23H,9-10H2,1-5H3,(H2,22,25). The molecule has 0 radical (unpaired) electrons. The van der Waals surface area contributed by atoms with Gasteiger partial charge in [0.25, 0.3) is 0 Å². The van der Waals surface area contributed by atoms with Crippen LogP contribution in [0.15, 0.2) is 30.5 Å². The van der Waals surface area contributed by atoms with Crippen molar-refractivity contribution < 1.29 is 14.3 Å². The van der Waals surface area contributed by atoms with Crippen molar-refractivity contribution in [2.75, 3.05) is 18.5 Å². The first kappa shape index (κ1) is 20.6. The Morgan fingerprint density at radius 3 is 2.22 bits per heavy atom. The number of nitrogens with two attached hydrogens (primary N) is 1. The summed E-state index contributed by atoms with van der Waals surface area (Å²) in [6.45, 7) is 9.38. The quantitative estimate of drug-likeness (QED) is 0.548. The van der Waals surface area contributed by atoms with Crippen LogP contribution in [-0.4, -0.2) is 29.6 Å². The lowest BCUT2D eigenvalue weighted by molar-refractivity contribution is 0.0509. The number of carbonyl (C=O) groups excluding carboxylic acids is 2. The number of ether oxygens (including phenoxy) is 1. The highest BCUT2D eigenvalue weighted by molar-refractivity contribution is 5.96. The summed E-state index contributed by atoms with van der Waals surface area (Å²) in [4.78, 5) is 23.5. The molecule has 2 aromatic rings. The number of benzene rings is 1. The van der Waals surface area contributed by atoms with E-state index in [0.29, 0.717) is 24.1 Å². The van der Waals surface area contributed by atoms with E-state index in [-0.39, 0.29) is 12.2 Å². The van der Waals surface area contributed by atoms with Crippen molar-refractivity contribution in [2.45, 2.75) is 39.5 Å². The van der Waals surface area contributed by atoms with Gasteiger partial charge in [0, 0.05) is 25.5 Å². The molecule has 146 valence electrons. The second kappa shape index (κ2) is 8.75. The van der Waals surface area contributed by atoms with Gasteiger partial charge in [-0.3, -0.25) is 4.79 Å². The number of aryl methyl sites for hydroxylation is 1. The average molecular weight is 371 g/mol. The zero-order valence-electron chi connectivity index (χ0n) is 16.7. The Bertz CT molecular complexity index is 796. The molecule has 0 aliphatic carbocycles. The largest absolute Gasteiger partial charge is 0.459 e. The van der Waals surface area contributed by atoms with Gasteiger partial charge in [0.05, 0.1) is 5.56 Å². The molecule has 0 spiro atoms. The fourth-order valence-corrected chi connectivity index (χ4v) is 3.05. The number of rotatable bonds is 8. The number of hydrogen-bond acceptors (Lipinski definition) is 4. The summed E-state index contributed by atoms with van der Waals surface area (Å²) in [5.41, 5.74) is 9.45. The third-order valence-corrected chi connectivity index (χ3v) is 4.51. The summed E-state index contributed by atoms with van der Waals surface area (Å²) in [5.74, 6) is -0.264. The molecule has 0 saturated heterocycles. The Balaban J connectivity index is 2.01. The van der Waals surface area contributed by atoms with E-state index in [1.807, 2.05) is 0 Å². The summed E-state index contributed by atoms with van der Waals surface area (Å²) in [5, 5.41) is 3.43. The number of carbonyl (C=O) groups is 2. The normalized spacial score (nSPS) is 11.1. The van der Waals surface area contributed by atoms with Crippen molar-refractivity contribution in [3.63, 3.8) is 0 Å². The van der Waals surface area contributed by atoms with Crippen molar-refractivity contribution in [1.82, 2.24) is 4.57 Å². The van der Waals surface area contributed by atoms with Crippen molar-refractivity contribution in [2.24, 2.45) is 12.8 Å². The number of hydrogen-bond donors (Lipinski definition) is 2. The van der Waals surface area contributed by atoms with Gasteiger partial charge >= 0.3 is 5.97 Å². The van der Waals surface area contributed by atoms with Crippen LogP contribution >= 0.6 is 0 Å². The summed E-state index contributed by atoms with van der Waals surface area (Å²) in [6, 6.07) is 7.78. The molecule has 3 N–H and O–H groups in total. The highest BCUT2D eigenvalue weighted by Crippen LogP contribution is 2.32. The van der Waals surface area contributed by atoms with E-state index < -0.39 is 11.9 Å². The van der Waals surface area contributed by atoms with E-state index >= 15 is 0 Å². The molecule has 0 aliphatic rings. The SMILES string of the molecule is CC(C)c1cccc(C(C)C)c1NCCOC(=O)c1cc(C(N)=O)cn1C. The Hall–Kier alpha value is -2.76. The van der Waals surface area contributed by atoms with Crippen LogP contribution in [0.5, 0.6) is 0 Å². The maximum atomic E-state index is 12.2. The number of nitrogens with one attached hydrogen (secondary N) is 1. The van der Waals surface area contributed by atoms with Crippen LogP contribution < -0.4 is 11.1 Å². The molecule has 1 aromatic heterocycles. The number of esters is 1. The molecule has 0 atom stereocenters. The number of amides is 1. The van der Waals surface area contributed by atoms with Crippen molar-refractivity contribution >= 4 is 17.6 Å². The van der Waals surface area contributed by atoms with Crippen LogP contribution in [0.1, 0.15) is 71.5 Å². The second-order valence-corrected chi connectivity index (χ2v) is 7.27. The average Bonchev–Trinajstić information content (AvgIpc) is 3.00. The predicted molar refractivity (Wildman–Crippen MR) is 107 cm³/mol. The number of nitrogens with zero attached hydrogens (tertiary/aromatic N) is 1. The monoisotopic (exact) mass is 371 g/mol. The molecule has 1 heterocycles. The van der Waals surface area contributed by atoms with Crippen LogP contribution in [0, 0.1) is 0 Å². The molecule has 2 rings (SSSR count). The first-order chi connectivity index (χ1) is 12.7. The van der Waals surface area contributed by atoms with Gasteiger partial charge in [0.1, 0.15) is 12.3 Å². The summed E-state index contributed by atoms with van der Waals surface area (Å²) < 4.78 is 6.89. The van der Waals surface area contributed by atoms with Crippen molar-refractivity contribution in [3.05, 3.63) is 52.8 Å². The Labute approximate surface area is 160 Å². The molecule has 1 amide bonds. The highest BCUT2D eigenvalue weighted by atomic mass is 16.5. The molecular formula is C21H29N3O3. The van der Waals surface area contributed by atoms with Gasteiger partial charge in [-0.15, -0.1) is 0 Å². The lowest BCUT2D eigenvalue weighted by atomic mass is 9.92. The first-order valence-corrected chi connectivity index (χ1v) is 9.22. The molecule has 27 heavy (non-hydrogen) atoms. The zero-order chi connectivity index (χ0) is 20.1. The fourth-order valence-electron chi connectivity index (χ4n) is 3.05. The van der Waals surface area contributed by atoms with E-state index in [9.17, 15) is 9.59 Å². The predicted octanol–water partition coefficient (Wildman–Crippen LogP) is 3.64. The van der Waals surface area contributed by atoms with Gasteiger partial charge in [-0.05, 0) is 29.0 Å². The number of aromatic nitrogens is 1. The minimum atomic E-state index is -0.571. The van der Waals surface area contributed by atoms with Crippen LogP contribution in [0.2, 0.25) is 0 Å². The lowest BCUT2D eigenvalue weighted by Gasteiger charge is -2.21. The number of para-hydroxylation sites is 1. The minimum Gasteiger partial charge on any atom is -0.459 e. The van der Waals surface area contributed by atoms with Gasteiger partial charge in [-0.25, -0.2) is 4.79 Å². The van der Waals surface area contributed by atoms with Crippen molar-refractivity contribution in [3.8, 4) is 0 Å². The molecule has 6 nitrogen and oxygen atoms in total. The Morgan fingerprint density at radius 1 is 1.15 bits per heavy atom. The molecule has 0 saturated carbocycles. The smallest absolute Gasteiger partial charge is 0.355 e. The summed E-state index contributed by atoms with van der Waals surface area (Å²) in [6.07, 6.45) is 1.52. The molecule has 6 heteroatoms. The maximum absolute atomic E-state index is 12.2. The third-order valence-electron chi connectivity index (χ3n) is 4.51. The van der Waals surface area contributed by atoms with Crippen LogP contribution in [0.4, 0.5) is 5.69 Å². The molecule has 0 fully saturated rings. The molecular weight excluding hydrogens is 342 g/mol. The number of anilines is 1. The van der Waals surface area contributed by atoms with E-state index in [4.69, 9.17) is 10.5 Å². The van der Waals surface area contributed by atoms with Gasteiger partial charge in [-0.1, -0.05) is 45.9 Å². The number of primary amides is 1. The third kappa shape index (κ3) is 4.90. The summed E-state index contributed by atoms with van der Waals surface area (Å²) >= 11 is 0. The Morgan fingerprint density at radius 2 is 1.74 bits per heavy atom. The van der Waals surface area contributed by atoms with Crippen LogP contribution in [0.3, 0.4) is 0 Å². The molecule has 1 aromatic carbocycles. The Kier molecular flexibility index (Phi) is 6.66.